The van der Waals surface area contributed by atoms with Gasteiger partial charge in [-0.05, 0) is 12.1 Å². The lowest BCUT2D eigenvalue weighted by Crippen LogP contribution is -1.99. The average molecular weight is 255 g/mol. The highest BCUT2D eigenvalue weighted by Gasteiger charge is 2.10. The minimum atomic E-state index is 0.757. The molecule has 0 radical (unpaired) electrons. The zero-order valence-electron chi connectivity index (χ0n) is 10.7. The maximum Gasteiger partial charge on any atom is 0.168 e. The Bertz CT molecular complexity index is 722. The Kier molecular flexibility index (Phi) is 2.75. The molecule has 0 saturated heterocycles. The summed E-state index contributed by atoms with van der Waals surface area (Å²) in [7, 11) is 3.46. The van der Waals surface area contributed by atoms with E-state index in [-0.39, 0.29) is 0 Å². The van der Waals surface area contributed by atoms with Crippen LogP contribution in [0, 0.1) is 0 Å². The van der Waals surface area contributed by atoms with Crippen LogP contribution in [0.2, 0.25) is 0 Å². The van der Waals surface area contributed by atoms with Gasteiger partial charge in [0, 0.05) is 13.1 Å². The molecule has 0 unspecified atom stereocenters. The number of fused-ring (bicyclic) bond motifs is 1. The van der Waals surface area contributed by atoms with Crippen molar-refractivity contribution < 1.29 is 4.74 Å². The number of anilines is 1. The molecule has 96 valence electrons. The van der Waals surface area contributed by atoms with Gasteiger partial charge in [0.05, 0.1) is 24.4 Å². The third kappa shape index (κ3) is 1.87. The van der Waals surface area contributed by atoms with Gasteiger partial charge >= 0.3 is 0 Å². The van der Waals surface area contributed by atoms with Crippen LogP contribution in [-0.4, -0.2) is 33.9 Å². The van der Waals surface area contributed by atoms with Gasteiger partial charge in [-0.1, -0.05) is 6.07 Å². The van der Waals surface area contributed by atoms with Gasteiger partial charge in [0.1, 0.15) is 17.9 Å². The van der Waals surface area contributed by atoms with E-state index in [1.165, 1.54) is 6.33 Å². The third-order valence-corrected chi connectivity index (χ3v) is 2.90. The van der Waals surface area contributed by atoms with Crippen molar-refractivity contribution in [1.29, 1.82) is 0 Å². The molecule has 0 aliphatic rings. The first kappa shape index (κ1) is 11.5. The highest BCUT2D eigenvalue weighted by Crippen LogP contribution is 2.23. The molecule has 2 aromatic heterocycles. The molecule has 3 aromatic rings. The molecule has 1 aromatic carbocycles. The monoisotopic (exact) mass is 255 g/mol. The van der Waals surface area contributed by atoms with Crippen molar-refractivity contribution in [2.45, 2.75) is 0 Å². The van der Waals surface area contributed by atoms with Gasteiger partial charge in [0.15, 0.2) is 5.65 Å². The Balaban J connectivity index is 2.20. The molecule has 0 aliphatic carbocycles. The lowest BCUT2D eigenvalue weighted by Gasteiger charge is -2.05. The first-order valence-electron chi connectivity index (χ1n) is 5.84. The smallest absolute Gasteiger partial charge is 0.168 e. The molecule has 0 aliphatic heterocycles. The number of rotatable bonds is 3. The second-order valence-corrected chi connectivity index (χ2v) is 3.97. The normalized spacial score (nSPS) is 10.6. The standard InChI is InChI=1S/C13H13N5O/c1-14-12-11-7-17-18(13(11)16-8-15-12)9-4-3-5-10(6-9)19-2/h3-8H,1-2H3,(H,14,15,16). The maximum atomic E-state index is 5.22. The molecule has 0 saturated carbocycles. The third-order valence-electron chi connectivity index (χ3n) is 2.90. The topological polar surface area (TPSA) is 64.9 Å². The van der Waals surface area contributed by atoms with Gasteiger partial charge in [0.2, 0.25) is 0 Å². The Hall–Kier alpha value is -2.63. The predicted molar refractivity (Wildman–Crippen MR) is 72.8 cm³/mol. The number of hydrogen-bond donors (Lipinski definition) is 1. The molecule has 6 nitrogen and oxygen atoms in total. The first-order valence-corrected chi connectivity index (χ1v) is 5.84. The molecular weight excluding hydrogens is 242 g/mol. The van der Waals surface area contributed by atoms with E-state index >= 15 is 0 Å². The molecule has 0 bridgehead atoms. The van der Waals surface area contributed by atoms with E-state index in [0.717, 1.165) is 28.3 Å². The molecule has 1 N–H and O–H groups in total. The summed E-state index contributed by atoms with van der Waals surface area (Å²) in [5.74, 6) is 1.54. The first-order chi connectivity index (χ1) is 9.33. The van der Waals surface area contributed by atoms with Crippen LogP contribution < -0.4 is 10.1 Å². The van der Waals surface area contributed by atoms with Crippen LogP contribution in [0.15, 0.2) is 36.8 Å². The molecular formula is C13H13N5O. The lowest BCUT2D eigenvalue weighted by atomic mass is 10.3. The van der Waals surface area contributed by atoms with E-state index in [1.807, 2.05) is 31.3 Å². The van der Waals surface area contributed by atoms with Crippen molar-refractivity contribution in [1.82, 2.24) is 19.7 Å². The van der Waals surface area contributed by atoms with Crippen molar-refractivity contribution in [3.8, 4) is 11.4 Å². The molecule has 19 heavy (non-hydrogen) atoms. The SMILES string of the molecule is CNc1ncnc2c1cnn2-c1cccc(OC)c1. The maximum absolute atomic E-state index is 5.22. The van der Waals surface area contributed by atoms with Gasteiger partial charge < -0.3 is 10.1 Å². The molecule has 6 heteroatoms. The average Bonchev–Trinajstić information content (AvgIpc) is 2.91. The highest BCUT2D eigenvalue weighted by molar-refractivity contribution is 5.86. The number of nitrogens with zero attached hydrogens (tertiary/aromatic N) is 4. The van der Waals surface area contributed by atoms with Crippen molar-refractivity contribution >= 4 is 16.9 Å². The zero-order valence-corrected chi connectivity index (χ0v) is 10.7. The summed E-state index contributed by atoms with van der Waals surface area (Å²) in [6.07, 6.45) is 3.27. The molecule has 0 fully saturated rings. The summed E-state index contributed by atoms with van der Waals surface area (Å²) < 4.78 is 6.99. The minimum Gasteiger partial charge on any atom is -0.497 e. The van der Waals surface area contributed by atoms with Crippen LogP contribution in [0.3, 0.4) is 0 Å². The van der Waals surface area contributed by atoms with Crippen LogP contribution in [0.25, 0.3) is 16.7 Å². The van der Waals surface area contributed by atoms with Gasteiger partial charge in [0.25, 0.3) is 0 Å². The van der Waals surface area contributed by atoms with E-state index in [2.05, 4.69) is 20.4 Å². The van der Waals surface area contributed by atoms with E-state index in [0.29, 0.717) is 0 Å². The predicted octanol–water partition coefficient (Wildman–Crippen LogP) is 1.87. The Morgan fingerprint density at radius 3 is 2.95 bits per heavy atom. The van der Waals surface area contributed by atoms with E-state index in [4.69, 9.17) is 4.74 Å². The fourth-order valence-corrected chi connectivity index (χ4v) is 1.97. The second kappa shape index (κ2) is 4.56. The summed E-state index contributed by atoms with van der Waals surface area (Å²) >= 11 is 0. The minimum absolute atomic E-state index is 0.757. The number of methoxy groups -OCH3 is 1. The van der Waals surface area contributed by atoms with Crippen LogP contribution in [-0.2, 0) is 0 Å². The summed E-state index contributed by atoms with van der Waals surface area (Å²) in [4.78, 5) is 8.46. The Morgan fingerprint density at radius 2 is 2.16 bits per heavy atom. The van der Waals surface area contributed by atoms with E-state index in [1.54, 1.807) is 18.0 Å². The summed E-state index contributed by atoms with van der Waals surface area (Å²) in [5.41, 5.74) is 1.66. The summed E-state index contributed by atoms with van der Waals surface area (Å²) in [6, 6.07) is 7.68. The fourth-order valence-electron chi connectivity index (χ4n) is 1.97. The number of ether oxygens (including phenoxy) is 1. The van der Waals surface area contributed by atoms with Crippen LogP contribution in [0.1, 0.15) is 0 Å². The van der Waals surface area contributed by atoms with Crippen LogP contribution in [0.5, 0.6) is 5.75 Å². The quantitative estimate of drug-likeness (QED) is 0.774. The van der Waals surface area contributed by atoms with Gasteiger partial charge in [-0.3, -0.25) is 0 Å². The van der Waals surface area contributed by atoms with E-state index in [9.17, 15) is 0 Å². The number of hydrogen-bond acceptors (Lipinski definition) is 5. The van der Waals surface area contributed by atoms with Gasteiger partial charge in [-0.2, -0.15) is 5.10 Å². The van der Waals surface area contributed by atoms with Crippen molar-refractivity contribution in [2.24, 2.45) is 0 Å². The lowest BCUT2D eigenvalue weighted by molar-refractivity contribution is 0.414. The fraction of sp³-hybridized carbons (Fsp3) is 0.154. The molecule has 0 atom stereocenters. The van der Waals surface area contributed by atoms with Gasteiger partial charge in [-0.15, -0.1) is 0 Å². The molecule has 0 spiro atoms. The summed E-state index contributed by atoms with van der Waals surface area (Å²) in [5, 5.41) is 8.28. The second-order valence-electron chi connectivity index (χ2n) is 3.97. The highest BCUT2D eigenvalue weighted by atomic mass is 16.5. The van der Waals surface area contributed by atoms with E-state index < -0.39 is 0 Å². The zero-order chi connectivity index (χ0) is 13.2. The Morgan fingerprint density at radius 1 is 1.26 bits per heavy atom. The number of benzene rings is 1. The van der Waals surface area contributed by atoms with Gasteiger partial charge in [-0.25, -0.2) is 14.6 Å². The number of aromatic nitrogens is 4. The molecule has 3 rings (SSSR count). The van der Waals surface area contributed by atoms with Crippen molar-refractivity contribution in [3.63, 3.8) is 0 Å². The largest absolute Gasteiger partial charge is 0.497 e. The van der Waals surface area contributed by atoms with Crippen LogP contribution in [0.4, 0.5) is 5.82 Å². The van der Waals surface area contributed by atoms with Crippen molar-refractivity contribution in [2.75, 3.05) is 19.5 Å². The molecule has 2 heterocycles. The summed E-state index contributed by atoms with van der Waals surface area (Å²) in [6.45, 7) is 0. The van der Waals surface area contributed by atoms with Crippen LogP contribution >= 0.6 is 0 Å². The van der Waals surface area contributed by atoms with Crippen molar-refractivity contribution in [3.05, 3.63) is 36.8 Å². The number of nitrogens with one attached hydrogen (secondary N) is 1. The molecule has 0 amide bonds. The Labute approximate surface area is 110 Å².